The summed E-state index contributed by atoms with van der Waals surface area (Å²) in [5.74, 6) is 0.308. The molecular weight excluding hydrogens is 284 g/mol. The molecule has 2 N–H and O–H groups in total. The van der Waals surface area contributed by atoms with Gasteiger partial charge in [0.25, 0.3) is 5.91 Å². The van der Waals surface area contributed by atoms with Gasteiger partial charge >= 0.3 is 0 Å². The molecule has 7 heteroatoms. The third-order valence-electron chi connectivity index (χ3n) is 2.48. The Morgan fingerprint density at radius 3 is 2.35 bits per heavy atom. The third-order valence-corrected chi connectivity index (χ3v) is 2.76. The minimum Gasteiger partial charge on any atom is -0.493 e. The van der Waals surface area contributed by atoms with Crippen LogP contribution < -0.4 is 20.1 Å². The van der Waals surface area contributed by atoms with Gasteiger partial charge in [-0.1, -0.05) is 11.6 Å². The van der Waals surface area contributed by atoms with Crippen LogP contribution >= 0.6 is 11.6 Å². The van der Waals surface area contributed by atoms with Gasteiger partial charge in [0.05, 0.1) is 19.2 Å². The molecule has 0 bridgehead atoms. The molecule has 0 heterocycles. The molecule has 0 aliphatic rings. The number of carbonyl (C=O) groups is 2. The van der Waals surface area contributed by atoms with Gasteiger partial charge in [-0.25, -0.2) is 0 Å². The van der Waals surface area contributed by atoms with Crippen LogP contribution in [-0.2, 0) is 4.79 Å². The van der Waals surface area contributed by atoms with Gasteiger partial charge in [0.1, 0.15) is 0 Å². The molecule has 20 heavy (non-hydrogen) atoms. The Morgan fingerprint density at radius 1 is 1.15 bits per heavy atom. The van der Waals surface area contributed by atoms with Gasteiger partial charge in [0, 0.05) is 25.6 Å². The number of amides is 2. The maximum absolute atomic E-state index is 11.9. The summed E-state index contributed by atoms with van der Waals surface area (Å²) in [4.78, 5) is 22.6. The lowest BCUT2D eigenvalue weighted by Gasteiger charge is -2.12. The lowest BCUT2D eigenvalue weighted by atomic mass is 10.2. The van der Waals surface area contributed by atoms with E-state index in [0.29, 0.717) is 35.2 Å². The molecule has 0 saturated carbocycles. The summed E-state index contributed by atoms with van der Waals surface area (Å²) in [6.07, 6.45) is 0. The number of hydrogen-bond acceptors (Lipinski definition) is 4. The first-order chi connectivity index (χ1) is 9.49. The number of benzene rings is 1. The van der Waals surface area contributed by atoms with E-state index in [-0.39, 0.29) is 11.8 Å². The second kappa shape index (κ2) is 7.59. The first-order valence-electron chi connectivity index (χ1n) is 5.93. The highest BCUT2D eigenvalue weighted by atomic mass is 35.5. The number of nitrogens with one attached hydrogen (secondary N) is 2. The largest absolute Gasteiger partial charge is 0.493 e. The lowest BCUT2D eigenvalue weighted by Crippen LogP contribution is -2.33. The van der Waals surface area contributed by atoms with Crippen molar-refractivity contribution in [3.8, 4) is 11.5 Å². The molecule has 0 fully saturated rings. The fourth-order valence-corrected chi connectivity index (χ4v) is 1.85. The molecule has 2 amide bonds. The normalized spacial score (nSPS) is 9.80. The van der Waals surface area contributed by atoms with Gasteiger partial charge in [0.15, 0.2) is 11.5 Å². The predicted octanol–water partition coefficient (Wildman–Crippen LogP) is 1.22. The molecule has 110 valence electrons. The van der Waals surface area contributed by atoms with Crippen molar-refractivity contribution in [3.63, 3.8) is 0 Å². The number of halogens is 1. The molecule has 0 radical (unpaired) electrons. The van der Waals surface area contributed by atoms with Gasteiger partial charge in [0.2, 0.25) is 5.91 Å². The van der Waals surface area contributed by atoms with Crippen molar-refractivity contribution in [2.24, 2.45) is 0 Å². The number of ether oxygens (including phenoxy) is 2. The molecule has 0 aromatic heterocycles. The minimum absolute atomic E-state index is 0.145. The fraction of sp³-hybridized carbons (Fsp3) is 0.385. The van der Waals surface area contributed by atoms with Crippen molar-refractivity contribution in [1.82, 2.24) is 10.6 Å². The van der Waals surface area contributed by atoms with E-state index < -0.39 is 0 Å². The van der Waals surface area contributed by atoms with Crippen LogP contribution in [0, 0.1) is 0 Å². The number of hydrogen-bond donors (Lipinski definition) is 2. The average Bonchev–Trinajstić information content (AvgIpc) is 2.42. The van der Waals surface area contributed by atoms with Crippen LogP contribution in [0.3, 0.4) is 0 Å². The lowest BCUT2D eigenvalue weighted by molar-refractivity contribution is -0.118. The molecule has 6 nitrogen and oxygen atoms in total. The molecule has 0 aliphatic carbocycles. The summed E-state index contributed by atoms with van der Waals surface area (Å²) in [5.41, 5.74) is 0.357. The summed E-state index contributed by atoms with van der Waals surface area (Å²) in [6.45, 7) is 2.10. The van der Waals surface area contributed by atoms with E-state index in [1.165, 1.54) is 27.2 Å². The number of methoxy groups -OCH3 is 2. The predicted molar refractivity (Wildman–Crippen MR) is 75.6 cm³/mol. The quantitative estimate of drug-likeness (QED) is 0.775. The Labute approximate surface area is 122 Å². The summed E-state index contributed by atoms with van der Waals surface area (Å²) < 4.78 is 10.2. The van der Waals surface area contributed by atoms with Crippen molar-refractivity contribution in [2.75, 3.05) is 27.3 Å². The topological polar surface area (TPSA) is 76.7 Å². The van der Waals surface area contributed by atoms with Crippen molar-refractivity contribution in [1.29, 1.82) is 0 Å². The maximum Gasteiger partial charge on any atom is 0.251 e. The van der Waals surface area contributed by atoms with Crippen LogP contribution in [0.1, 0.15) is 17.3 Å². The third kappa shape index (κ3) is 4.31. The summed E-state index contributed by atoms with van der Waals surface area (Å²) in [6, 6.07) is 3.04. The van der Waals surface area contributed by atoms with Gasteiger partial charge in [-0.3, -0.25) is 9.59 Å². The van der Waals surface area contributed by atoms with Crippen molar-refractivity contribution in [3.05, 3.63) is 22.7 Å². The molecule has 1 rings (SSSR count). The Balaban J connectivity index is 2.73. The van der Waals surface area contributed by atoms with E-state index >= 15 is 0 Å². The average molecular weight is 301 g/mol. The van der Waals surface area contributed by atoms with Crippen LogP contribution in [0.25, 0.3) is 0 Å². The van der Waals surface area contributed by atoms with Crippen molar-refractivity contribution in [2.45, 2.75) is 6.92 Å². The zero-order valence-electron chi connectivity index (χ0n) is 11.6. The molecule has 0 unspecified atom stereocenters. The zero-order chi connectivity index (χ0) is 15.1. The van der Waals surface area contributed by atoms with Gasteiger partial charge in [-0.2, -0.15) is 0 Å². The van der Waals surface area contributed by atoms with E-state index in [4.69, 9.17) is 21.1 Å². The molecule has 0 saturated heterocycles. The van der Waals surface area contributed by atoms with Crippen molar-refractivity contribution < 1.29 is 19.1 Å². The second-order valence-corrected chi connectivity index (χ2v) is 4.34. The van der Waals surface area contributed by atoms with Crippen LogP contribution in [0.15, 0.2) is 12.1 Å². The molecule has 1 aromatic rings. The second-order valence-electron chi connectivity index (χ2n) is 3.93. The van der Waals surface area contributed by atoms with Crippen LogP contribution in [-0.4, -0.2) is 39.1 Å². The highest BCUT2D eigenvalue weighted by Crippen LogP contribution is 2.35. The molecule has 1 aromatic carbocycles. The molecule has 0 atom stereocenters. The summed E-state index contributed by atoms with van der Waals surface area (Å²) in [7, 11) is 2.93. The van der Waals surface area contributed by atoms with Crippen LogP contribution in [0.5, 0.6) is 11.5 Å². The van der Waals surface area contributed by atoms with E-state index in [1.807, 2.05) is 0 Å². The maximum atomic E-state index is 11.9. The Bertz CT molecular complexity index is 505. The minimum atomic E-state index is -0.307. The van der Waals surface area contributed by atoms with Crippen LogP contribution in [0.4, 0.5) is 0 Å². The van der Waals surface area contributed by atoms with E-state index in [9.17, 15) is 9.59 Å². The molecule has 0 spiro atoms. The highest BCUT2D eigenvalue weighted by molar-refractivity contribution is 6.32. The van der Waals surface area contributed by atoms with Gasteiger partial charge < -0.3 is 20.1 Å². The fourth-order valence-electron chi connectivity index (χ4n) is 1.57. The van der Waals surface area contributed by atoms with Crippen LogP contribution in [0.2, 0.25) is 5.02 Å². The molecule has 0 aliphatic heterocycles. The first-order valence-corrected chi connectivity index (χ1v) is 6.31. The zero-order valence-corrected chi connectivity index (χ0v) is 12.3. The van der Waals surface area contributed by atoms with Gasteiger partial charge in [-0.05, 0) is 12.1 Å². The Hall–Kier alpha value is -1.95. The molecular formula is C13H17ClN2O4. The van der Waals surface area contributed by atoms with E-state index in [2.05, 4.69) is 10.6 Å². The number of rotatable bonds is 6. The smallest absolute Gasteiger partial charge is 0.251 e. The van der Waals surface area contributed by atoms with Crippen molar-refractivity contribution >= 4 is 23.4 Å². The summed E-state index contributed by atoms with van der Waals surface area (Å²) in [5, 5.41) is 5.53. The Morgan fingerprint density at radius 2 is 1.80 bits per heavy atom. The van der Waals surface area contributed by atoms with Gasteiger partial charge in [-0.15, -0.1) is 0 Å². The Kier molecular flexibility index (Phi) is 6.11. The summed E-state index contributed by atoms with van der Waals surface area (Å²) >= 11 is 6.02. The van der Waals surface area contributed by atoms with E-state index in [1.54, 1.807) is 6.07 Å². The van der Waals surface area contributed by atoms with E-state index in [0.717, 1.165) is 0 Å². The number of carbonyl (C=O) groups excluding carboxylic acids is 2. The highest BCUT2D eigenvalue weighted by Gasteiger charge is 2.14. The SMILES string of the molecule is COc1cc(C(=O)NCCNC(C)=O)cc(Cl)c1OC. The first kappa shape index (κ1) is 16.1. The standard InChI is InChI=1S/C13H17ClN2O4/c1-8(17)15-4-5-16-13(18)9-6-10(14)12(20-3)11(7-9)19-2/h6-7H,4-5H2,1-3H3,(H,15,17)(H,16,18). The monoisotopic (exact) mass is 300 g/mol.